The number of likely N-dealkylation sites (N-methyl/N-ethyl adjacent to an activating group) is 1. The Kier molecular flexibility index (Phi) is 3.74. The second-order valence-electron chi connectivity index (χ2n) is 4.92. The number of aliphatic hydroxyl groups excluding tert-OH is 1. The predicted octanol–water partition coefficient (Wildman–Crippen LogP) is 1.73. The van der Waals surface area contributed by atoms with Crippen molar-refractivity contribution in [2.24, 2.45) is 11.8 Å². The molecule has 3 atom stereocenters. The zero-order valence-electron chi connectivity index (χ0n) is 9.33. The average molecular weight is 185 g/mol. The Bertz CT molecular complexity index is 156. The van der Waals surface area contributed by atoms with E-state index in [1.54, 1.807) is 0 Å². The molecule has 0 aromatic heterocycles. The van der Waals surface area contributed by atoms with Crippen molar-refractivity contribution >= 4 is 0 Å². The fourth-order valence-electron chi connectivity index (χ4n) is 2.32. The van der Waals surface area contributed by atoms with Crippen LogP contribution in [-0.2, 0) is 0 Å². The van der Waals surface area contributed by atoms with Gasteiger partial charge in [0.25, 0.3) is 0 Å². The Morgan fingerprint density at radius 1 is 1.23 bits per heavy atom. The van der Waals surface area contributed by atoms with Crippen molar-refractivity contribution in [3.8, 4) is 0 Å². The van der Waals surface area contributed by atoms with Crippen LogP contribution in [0.3, 0.4) is 0 Å². The summed E-state index contributed by atoms with van der Waals surface area (Å²) in [6, 6.07) is 0.376. The maximum Gasteiger partial charge on any atom is 0.0695 e. The van der Waals surface area contributed by atoms with Crippen LogP contribution in [0, 0.1) is 11.8 Å². The van der Waals surface area contributed by atoms with E-state index in [9.17, 15) is 5.11 Å². The van der Waals surface area contributed by atoms with Gasteiger partial charge in [0.1, 0.15) is 0 Å². The van der Waals surface area contributed by atoms with Gasteiger partial charge < -0.3 is 10.0 Å². The Balaban J connectivity index is 2.53. The second-order valence-corrected chi connectivity index (χ2v) is 4.92. The molecule has 0 heterocycles. The number of nitrogens with zero attached hydrogens (tertiary/aromatic N) is 1. The third kappa shape index (κ3) is 2.68. The summed E-state index contributed by atoms with van der Waals surface area (Å²) < 4.78 is 0. The van der Waals surface area contributed by atoms with Crippen LogP contribution >= 0.6 is 0 Å². The third-order valence-corrected chi connectivity index (χ3v) is 3.43. The second kappa shape index (κ2) is 4.43. The molecule has 0 radical (unpaired) electrons. The summed E-state index contributed by atoms with van der Waals surface area (Å²) >= 11 is 0. The molecule has 13 heavy (non-hydrogen) atoms. The maximum absolute atomic E-state index is 9.80. The van der Waals surface area contributed by atoms with Crippen LogP contribution in [0.4, 0.5) is 0 Å². The minimum Gasteiger partial charge on any atom is -0.391 e. The van der Waals surface area contributed by atoms with Crippen LogP contribution in [0.15, 0.2) is 0 Å². The van der Waals surface area contributed by atoms with Gasteiger partial charge in [-0.05, 0) is 45.2 Å². The van der Waals surface area contributed by atoms with Gasteiger partial charge in [0.2, 0.25) is 0 Å². The van der Waals surface area contributed by atoms with E-state index < -0.39 is 0 Å². The molecule has 0 bridgehead atoms. The lowest BCUT2D eigenvalue weighted by Crippen LogP contribution is -2.44. The normalized spacial score (nSPS) is 35.8. The number of aliphatic hydroxyl groups is 1. The first-order valence-corrected chi connectivity index (χ1v) is 5.37. The van der Waals surface area contributed by atoms with E-state index in [0.29, 0.717) is 6.04 Å². The van der Waals surface area contributed by atoms with E-state index in [4.69, 9.17) is 0 Å². The molecular formula is C11H23NO. The first-order valence-electron chi connectivity index (χ1n) is 5.37. The van der Waals surface area contributed by atoms with Crippen LogP contribution < -0.4 is 0 Å². The fourth-order valence-corrected chi connectivity index (χ4v) is 2.32. The van der Waals surface area contributed by atoms with Crippen molar-refractivity contribution in [1.82, 2.24) is 4.90 Å². The van der Waals surface area contributed by atoms with Gasteiger partial charge in [-0.25, -0.2) is 0 Å². The van der Waals surface area contributed by atoms with Crippen molar-refractivity contribution in [3.05, 3.63) is 0 Å². The van der Waals surface area contributed by atoms with E-state index in [2.05, 4.69) is 32.8 Å². The summed E-state index contributed by atoms with van der Waals surface area (Å²) in [6.45, 7) is 4.57. The highest BCUT2D eigenvalue weighted by molar-refractivity contribution is 4.85. The van der Waals surface area contributed by atoms with Crippen molar-refractivity contribution in [2.75, 3.05) is 14.1 Å². The van der Waals surface area contributed by atoms with Crippen molar-refractivity contribution in [2.45, 2.75) is 45.3 Å². The maximum atomic E-state index is 9.80. The topological polar surface area (TPSA) is 23.5 Å². The van der Waals surface area contributed by atoms with E-state index in [0.717, 1.165) is 24.7 Å². The molecule has 1 fully saturated rings. The first kappa shape index (κ1) is 11.0. The molecule has 1 saturated carbocycles. The summed E-state index contributed by atoms with van der Waals surface area (Å²) in [5.74, 6) is 1.56. The average Bonchev–Trinajstić information content (AvgIpc) is 2.04. The first-order chi connectivity index (χ1) is 6.02. The predicted molar refractivity (Wildman–Crippen MR) is 55.7 cm³/mol. The Hall–Kier alpha value is -0.0800. The van der Waals surface area contributed by atoms with Gasteiger partial charge in [-0.15, -0.1) is 0 Å². The van der Waals surface area contributed by atoms with E-state index in [-0.39, 0.29) is 6.10 Å². The lowest BCUT2D eigenvalue weighted by molar-refractivity contribution is 0.0159. The summed E-state index contributed by atoms with van der Waals surface area (Å²) in [6.07, 6.45) is 3.23. The van der Waals surface area contributed by atoms with Gasteiger partial charge in [-0.3, -0.25) is 0 Å². The van der Waals surface area contributed by atoms with Crippen LogP contribution in [0.5, 0.6) is 0 Å². The molecule has 1 aliphatic rings. The van der Waals surface area contributed by atoms with E-state index >= 15 is 0 Å². The molecule has 0 aliphatic heterocycles. The minimum atomic E-state index is -0.106. The van der Waals surface area contributed by atoms with Gasteiger partial charge in [-0.1, -0.05) is 13.8 Å². The molecule has 2 nitrogen and oxygen atoms in total. The van der Waals surface area contributed by atoms with Gasteiger partial charge in [-0.2, -0.15) is 0 Å². The van der Waals surface area contributed by atoms with E-state index in [1.165, 1.54) is 6.42 Å². The molecule has 0 amide bonds. The van der Waals surface area contributed by atoms with Gasteiger partial charge in [0.15, 0.2) is 0 Å². The third-order valence-electron chi connectivity index (χ3n) is 3.43. The van der Waals surface area contributed by atoms with Gasteiger partial charge in [0.05, 0.1) is 6.10 Å². The molecule has 78 valence electrons. The zero-order valence-corrected chi connectivity index (χ0v) is 9.33. The Morgan fingerprint density at radius 2 is 1.85 bits per heavy atom. The number of hydrogen-bond donors (Lipinski definition) is 1. The van der Waals surface area contributed by atoms with Crippen LogP contribution in [0.25, 0.3) is 0 Å². The molecule has 1 N–H and O–H groups in total. The highest BCUT2D eigenvalue weighted by Crippen LogP contribution is 2.31. The molecular weight excluding hydrogens is 162 g/mol. The van der Waals surface area contributed by atoms with Crippen molar-refractivity contribution in [3.63, 3.8) is 0 Å². The molecule has 0 unspecified atom stereocenters. The van der Waals surface area contributed by atoms with Crippen LogP contribution in [0.1, 0.15) is 33.1 Å². The van der Waals surface area contributed by atoms with Gasteiger partial charge in [0, 0.05) is 6.04 Å². The quantitative estimate of drug-likeness (QED) is 0.708. The number of hydrogen-bond acceptors (Lipinski definition) is 2. The largest absolute Gasteiger partial charge is 0.391 e. The minimum absolute atomic E-state index is 0.106. The summed E-state index contributed by atoms with van der Waals surface area (Å²) in [7, 11) is 4.13. The number of rotatable bonds is 2. The standard InChI is InChI=1S/C11H23NO/c1-8(2)9-5-6-11(13)10(7-9)12(3)4/h8-11,13H,5-7H2,1-4H3/t9-,10+,11+/m0/s1. The Labute approximate surface area is 81.9 Å². The molecule has 2 heteroatoms. The Morgan fingerprint density at radius 3 is 2.31 bits per heavy atom. The van der Waals surface area contributed by atoms with Crippen molar-refractivity contribution < 1.29 is 5.11 Å². The van der Waals surface area contributed by atoms with Crippen LogP contribution in [0.2, 0.25) is 0 Å². The smallest absolute Gasteiger partial charge is 0.0695 e. The summed E-state index contributed by atoms with van der Waals surface area (Å²) in [5, 5.41) is 9.80. The summed E-state index contributed by atoms with van der Waals surface area (Å²) in [5.41, 5.74) is 0. The highest BCUT2D eigenvalue weighted by Gasteiger charge is 2.31. The van der Waals surface area contributed by atoms with Gasteiger partial charge >= 0.3 is 0 Å². The summed E-state index contributed by atoms with van der Waals surface area (Å²) in [4.78, 5) is 2.17. The monoisotopic (exact) mass is 185 g/mol. The van der Waals surface area contributed by atoms with E-state index in [1.807, 2.05) is 0 Å². The van der Waals surface area contributed by atoms with Crippen LogP contribution in [-0.4, -0.2) is 36.2 Å². The molecule has 0 saturated heterocycles. The SMILES string of the molecule is CC(C)[C@H]1CC[C@@H](O)[C@H](N(C)C)C1. The fraction of sp³-hybridized carbons (Fsp3) is 1.00. The molecule has 0 spiro atoms. The molecule has 0 aromatic carbocycles. The zero-order chi connectivity index (χ0) is 10.0. The molecule has 1 rings (SSSR count). The lowest BCUT2D eigenvalue weighted by Gasteiger charge is -2.38. The molecule has 0 aromatic rings. The lowest BCUT2D eigenvalue weighted by atomic mass is 9.77. The van der Waals surface area contributed by atoms with Crippen molar-refractivity contribution in [1.29, 1.82) is 0 Å². The molecule has 1 aliphatic carbocycles. The highest BCUT2D eigenvalue weighted by atomic mass is 16.3.